The van der Waals surface area contributed by atoms with E-state index in [1.165, 1.54) is 16.3 Å². The summed E-state index contributed by atoms with van der Waals surface area (Å²) >= 11 is 8.40. The summed E-state index contributed by atoms with van der Waals surface area (Å²) in [6, 6.07) is 20.9. The first-order valence-corrected chi connectivity index (χ1v) is 8.27. The quantitative estimate of drug-likeness (QED) is 0.583. The van der Waals surface area contributed by atoms with E-state index >= 15 is 0 Å². The third-order valence-electron chi connectivity index (χ3n) is 3.64. The van der Waals surface area contributed by atoms with Gasteiger partial charge < -0.3 is 5.73 Å². The first-order valence-electron chi connectivity index (χ1n) is 6.82. The van der Waals surface area contributed by atoms with Crippen molar-refractivity contribution in [3.8, 4) is 0 Å². The van der Waals surface area contributed by atoms with Crippen LogP contribution in [0.2, 0.25) is 5.02 Å². The van der Waals surface area contributed by atoms with E-state index < -0.39 is 0 Å². The Balaban J connectivity index is 1.85. The molecule has 21 heavy (non-hydrogen) atoms. The molecule has 0 spiro atoms. The van der Waals surface area contributed by atoms with Gasteiger partial charge in [0.1, 0.15) is 0 Å². The normalized spacial score (nSPS) is 12.5. The summed E-state index contributed by atoms with van der Waals surface area (Å²) in [6.45, 7) is 0. The molecular weight excluding hydrogens is 393 g/mol. The monoisotopic (exact) mass is 407 g/mol. The fraction of sp³-hybridized carbons (Fsp3) is 0.111. The summed E-state index contributed by atoms with van der Waals surface area (Å²) in [5.41, 5.74) is 8.65. The maximum Gasteiger partial charge on any atom is 0.0542 e. The Labute approximate surface area is 143 Å². The first kappa shape index (κ1) is 14.8. The molecule has 3 heteroatoms. The van der Waals surface area contributed by atoms with Gasteiger partial charge in [0.2, 0.25) is 0 Å². The summed E-state index contributed by atoms with van der Waals surface area (Å²) in [7, 11) is 0. The van der Waals surface area contributed by atoms with Gasteiger partial charge in [0.25, 0.3) is 0 Å². The number of rotatable bonds is 3. The van der Waals surface area contributed by atoms with Gasteiger partial charge >= 0.3 is 0 Å². The van der Waals surface area contributed by atoms with Crippen LogP contribution in [0.15, 0.2) is 60.7 Å². The molecule has 0 amide bonds. The van der Waals surface area contributed by atoms with Crippen LogP contribution in [0.25, 0.3) is 10.8 Å². The lowest BCUT2D eigenvalue weighted by Gasteiger charge is -2.13. The van der Waals surface area contributed by atoms with Gasteiger partial charge in [-0.1, -0.05) is 60.1 Å². The molecule has 106 valence electrons. The highest BCUT2D eigenvalue weighted by Gasteiger charge is 2.09. The summed E-state index contributed by atoms with van der Waals surface area (Å²) in [5.74, 6) is 0. The van der Waals surface area contributed by atoms with E-state index in [0.29, 0.717) is 0 Å². The number of hydrogen-bond donors (Lipinski definition) is 1. The molecule has 0 fully saturated rings. The molecule has 1 unspecified atom stereocenters. The van der Waals surface area contributed by atoms with Gasteiger partial charge in [-0.25, -0.2) is 0 Å². The highest BCUT2D eigenvalue weighted by molar-refractivity contribution is 14.1. The van der Waals surface area contributed by atoms with Crippen molar-refractivity contribution in [1.29, 1.82) is 0 Å². The molecular formula is C18H15ClIN. The Morgan fingerprint density at radius 1 is 0.952 bits per heavy atom. The van der Waals surface area contributed by atoms with E-state index in [1.807, 2.05) is 12.1 Å². The fourth-order valence-electron chi connectivity index (χ4n) is 2.48. The molecule has 0 aliphatic heterocycles. The minimum absolute atomic E-state index is 0.0411. The Morgan fingerprint density at radius 2 is 1.71 bits per heavy atom. The molecule has 0 aliphatic carbocycles. The second-order valence-electron chi connectivity index (χ2n) is 5.17. The van der Waals surface area contributed by atoms with E-state index in [1.54, 1.807) is 0 Å². The predicted octanol–water partition coefficient (Wildman–Crippen LogP) is 5.34. The lowest BCUT2D eigenvalue weighted by molar-refractivity contribution is 0.722. The van der Waals surface area contributed by atoms with Crippen LogP contribution in [0.5, 0.6) is 0 Å². The number of halogens is 2. The second kappa shape index (κ2) is 6.34. The summed E-state index contributed by atoms with van der Waals surface area (Å²) in [5, 5.41) is 3.28. The van der Waals surface area contributed by atoms with Crippen LogP contribution >= 0.6 is 34.2 Å². The van der Waals surface area contributed by atoms with E-state index in [0.717, 1.165) is 20.6 Å². The molecule has 3 aromatic rings. The lowest BCUT2D eigenvalue weighted by atomic mass is 9.98. The molecule has 0 saturated carbocycles. The zero-order valence-electron chi connectivity index (χ0n) is 11.4. The van der Waals surface area contributed by atoms with Crippen molar-refractivity contribution >= 4 is 45.0 Å². The fourth-order valence-corrected chi connectivity index (χ4v) is 3.01. The van der Waals surface area contributed by atoms with Crippen LogP contribution in [-0.2, 0) is 6.42 Å². The number of nitrogens with two attached hydrogens (primary N) is 1. The Bertz CT molecular complexity index is 785. The lowest BCUT2D eigenvalue weighted by Crippen LogP contribution is -2.13. The molecule has 0 bridgehead atoms. The maximum atomic E-state index is 6.33. The standard InChI is InChI=1S/C18H15ClIN/c19-16-11-15(7-8-17(16)20)18(21)10-12-5-6-13-3-1-2-4-14(13)9-12/h1-9,11,18H,10,21H2. The highest BCUT2D eigenvalue weighted by Crippen LogP contribution is 2.25. The maximum absolute atomic E-state index is 6.33. The van der Waals surface area contributed by atoms with Crippen LogP contribution in [0, 0.1) is 3.57 Å². The van der Waals surface area contributed by atoms with Crippen molar-refractivity contribution in [3.05, 3.63) is 80.4 Å². The molecule has 2 N–H and O–H groups in total. The summed E-state index contributed by atoms with van der Waals surface area (Å²) in [6.07, 6.45) is 0.807. The van der Waals surface area contributed by atoms with Crippen molar-refractivity contribution in [1.82, 2.24) is 0 Å². The molecule has 0 aromatic heterocycles. The van der Waals surface area contributed by atoms with Crippen LogP contribution in [0.1, 0.15) is 17.2 Å². The Kier molecular flexibility index (Phi) is 4.48. The second-order valence-corrected chi connectivity index (χ2v) is 6.74. The van der Waals surface area contributed by atoms with Crippen LogP contribution in [0.3, 0.4) is 0 Å². The minimum Gasteiger partial charge on any atom is -0.324 e. The molecule has 1 nitrogen and oxygen atoms in total. The average molecular weight is 408 g/mol. The van der Waals surface area contributed by atoms with Crippen molar-refractivity contribution in [3.63, 3.8) is 0 Å². The summed E-state index contributed by atoms with van der Waals surface area (Å²) < 4.78 is 1.05. The van der Waals surface area contributed by atoms with Gasteiger partial charge in [0.15, 0.2) is 0 Å². The predicted molar refractivity (Wildman–Crippen MR) is 98.7 cm³/mol. The molecule has 3 aromatic carbocycles. The highest BCUT2D eigenvalue weighted by atomic mass is 127. The van der Waals surface area contributed by atoms with Crippen molar-refractivity contribution in [2.24, 2.45) is 5.73 Å². The average Bonchev–Trinajstić information content (AvgIpc) is 2.50. The first-order chi connectivity index (χ1) is 10.1. The van der Waals surface area contributed by atoms with Gasteiger partial charge in [0, 0.05) is 9.61 Å². The zero-order chi connectivity index (χ0) is 14.8. The van der Waals surface area contributed by atoms with Crippen LogP contribution in [-0.4, -0.2) is 0 Å². The Morgan fingerprint density at radius 3 is 2.48 bits per heavy atom. The van der Waals surface area contributed by atoms with Gasteiger partial charge in [-0.2, -0.15) is 0 Å². The zero-order valence-corrected chi connectivity index (χ0v) is 14.3. The minimum atomic E-state index is -0.0411. The van der Waals surface area contributed by atoms with Crippen LogP contribution in [0.4, 0.5) is 0 Å². The number of benzene rings is 3. The Hall–Kier alpha value is -1.10. The number of fused-ring (bicyclic) bond motifs is 1. The number of hydrogen-bond acceptors (Lipinski definition) is 1. The van der Waals surface area contributed by atoms with E-state index in [9.17, 15) is 0 Å². The van der Waals surface area contributed by atoms with Gasteiger partial charge in [-0.05, 0) is 63.0 Å². The van der Waals surface area contributed by atoms with Crippen LogP contribution < -0.4 is 5.73 Å². The molecule has 0 heterocycles. The van der Waals surface area contributed by atoms with Crippen molar-refractivity contribution < 1.29 is 0 Å². The third-order valence-corrected chi connectivity index (χ3v) is 5.21. The van der Waals surface area contributed by atoms with Crippen molar-refractivity contribution in [2.45, 2.75) is 12.5 Å². The summed E-state index contributed by atoms with van der Waals surface area (Å²) in [4.78, 5) is 0. The van der Waals surface area contributed by atoms with E-state index in [2.05, 4.69) is 71.1 Å². The van der Waals surface area contributed by atoms with Gasteiger partial charge in [-0.15, -0.1) is 0 Å². The largest absolute Gasteiger partial charge is 0.324 e. The van der Waals surface area contributed by atoms with E-state index in [4.69, 9.17) is 17.3 Å². The molecule has 1 atom stereocenters. The van der Waals surface area contributed by atoms with Crippen molar-refractivity contribution in [2.75, 3.05) is 0 Å². The van der Waals surface area contributed by atoms with E-state index in [-0.39, 0.29) is 6.04 Å². The molecule has 0 saturated heterocycles. The SMILES string of the molecule is NC(Cc1ccc2ccccc2c1)c1ccc(I)c(Cl)c1. The van der Waals surface area contributed by atoms with Gasteiger partial charge in [-0.3, -0.25) is 0 Å². The molecule has 0 aliphatic rings. The third kappa shape index (κ3) is 3.39. The molecule has 3 rings (SSSR count). The van der Waals surface area contributed by atoms with Gasteiger partial charge in [0.05, 0.1) is 5.02 Å². The topological polar surface area (TPSA) is 26.0 Å². The molecule has 0 radical (unpaired) electrons. The smallest absolute Gasteiger partial charge is 0.0542 e.